The van der Waals surface area contributed by atoms with Crippen LogP contribution in [-0.4, -0.2) is 19.9 Å². The first-order valence-corrected chi connectivity index (χ1v) is 9.04. The SMILES string of the molecule is CCN(c1ccc(Cl)cc1C)S(=O)(=O)c1cc([N+](=O)[O-])ccc1C. The van der Waals surface area contributed by atoms with Crippen LogP contribution in [0.1, 0.15) is 18.1 Å². The van der Waals surface area contributed by atoms with E-state index in [4.69, 9.17) is 11.6 Å². The van der Waals surface area contributed by atoms with Gasteiger partial charge in [0, 0.05) is 23.7 Å². The lowest BCUT2D eigenvalue weighted by Gasteiger charge is -2.25. The molecule has 0 radical (unpaired) electrons. The molecule has 2 aromatic carbocycles. The Labute approximate surface area is 145 Å². The van der Waals surface area contributed by atoms with E-state index in [-0.39, 0.29) is 17.1 Å². The average molecular weight is 369 g/mol. The van der Waals surface area contributed by atoms with Gasteiger partial charge in [-0.15, -0.1) is 0 Å². The van der Waals surface area contributed by atoms with Gasteiger partial charge in [0.1, 0.15) is 0 Å². The van der Waals surface area contributed by atoms with Crippen LogP contribution >= 0.6 is 11.6 Å². The average Bonchev–Trinajstić information content (AvgIpc) is 2.50. The van der Waals surface area contributed by atoms with Crippen LogP contribution in [0.15, 0.2) is 41.3 Å². The molecule has 8 heteroatoms. The highest BCUT2D eigenvalue weighted by Crippen LogP contribution is 2.31. The van der Waals surface area contributed by atoms with E-state index in [9.17, 15) is 18.5 Å². The van der Waals surface area contributed by atoms with Crippen LogP contribution in [0, 0.1) is 24.0 Å². The Kier molecular flexibility index (Phi) is 5.15. The number of nitro groups is 1. The lowest BCUT2D eigenvalue weighted by Crippen LogP contribution is -2.31. The summed E-state index contributed by atoms with van der Waals surface area (Å²) < 4.78 is 27.4. The Morgan fingerprint density at radius 2 is 1.79 bits per heavy atom. The quantitative estimate of drug-likeness (QED) is 0.588. The maximum atomic E-state index is 13.1. The minimum atomic E-state index is -3.94. The molecule has 0 heterocycles. The van der Waals surface area contributed by atoms with Gasteiger partial charge in [0.25, 0.3) is 15.7 Å². The molecule has 0 amide bonds. The molecular formula is C16H17ClN2O4S. The highest BCUT2D eigenvalue weighted by atomic mass is 35.5. The van der Waals surface area contributed by atoms with Crippen molar-refractivity contribution in [3.8, 4) is 0 Å². The van der Waals surface area contributed by atoms with E-state index in [0.717, 1.165) is 6.07 Å². The second kappa shape index (κ2) is 6.78. The summed E-state index contributed by atoms with van der Waals surface area (Å²) in [5, 5.41) is 11.5. The van der Waals surface area contributed by atoms with E-state index in [2.05, 4.69) is 0 Å². The van der Waals surface area contributed by atoms with Gasteiger partial charge in [-0.1, -0.05) is 17.7 Å². The molecule has 0 atom stereocenters. The molecule has 0 bridgehead atoms. The molecular weight excluding hydrogens is 352 g/mol. The molecule has 0 fully saturated rings. The summed E-state index contributed by atoms with van der Waals surface area (Å²) in [6.45, 7) is 5.27. The van der Waals surface area contributed by atoms with Crippen LogP contribution in [0.2, 0.25) is 5.02 Å². The third-order valence-electron chi connectivity index (χ3n) is 3.67. The summed E-state index contributed by atoms with van der Waals surface area (Å²) in [5.74, 6) is 0. The third kappa shape index (κ3) is 3.37. The number of halogens is 1. The van der Waals surface area contributed by atoms with Gasteiger partial charge in [-0.2, -0.15) is 0 Å². The van der Waals surface area contributed by atoms with Crippen molar-refractivity contribution in [1.82, 2.24) is 0 Å². The molecule has 2 rings (SSSR count). The Morgan fingerprint density at radius 3 is 2.33 bits per heavy atom. The van der Waals surface area contributed by atoms with Gasteiger partial charge in [0.2, 0.25) is 0 Å². The number of anilines is 1. The predicted molar refractivity (Wildman–Crippen MR) is 94.2 cm³/mol. The maximum Gasteiger partial charge on any atom is 0.270 e. The van der Waals surface area contributed by atoms with Crippen molar-refractivity contribution >= 4 is 33.0 Å². The normalized spacial score (nSPS) is 11.3. The Hall–Kier alpha value is -2.12. The Morgan fingerprint density at radius 1 is 1.12 bits per heavy atom. The smallest absolute Gasteiger partial charge is 0.266 e. The highest BCUT2D eigenvalue weighted by molar-refractivity contribution is 7.92. The van der Waals surface area contributed by atoms with Crippen LogP contribution in [0.4, 0.5) is 11.4 Å². The number of nitrogens with zero attached hydrogens (tertiary/aromatic N) is 2. The fourth-order valence-electron chi connectivity index (χ4n) is 2.47. The number of sulfonamides is 1. The third-order valence-corrected chi connectivity index (χ3v) is 5.93. The first-order valence-electron chi connectivity index (χ1n) is 7.22. The molecule has 0 spiro atoms. The molecule has 24 heavy (non-hydrogen) atoms. The molecule has 0 saturated heterocycles. The van der Waals surface area contributed by atoms with E-state index >= 15 is 0 Å². The van der Waals surface area contributed by atoms with Crippen LogP contribution in [-0.2, 0) is 10.0 Å². The van der Waals surface area contributed by atoms with E-state index in [1.165, 1.54) is 16.4 Å². The van der Waals surface area contributed by atoms with Gasteiger partial charge >= 0.3 is 0 Å². The molecule has 0 N–H and O–H groups in total. The van der Waals surface area contributed by atoms with Crippen LogP contribution in [0.25, 0.3) is 0 Å². The number of benzene rings is 2. The summed E-state index contributed by atoms with van der Waals surface area (Å²) in [6, 6.07) is 8.74. The summed E-state index contributed by atoms with van der Waals surface area (Å²) in [7, 11) is -3.94. The molecule has 0 aliphatic carbocycles. The van der Waals surface area contributed by atoms with Crippen molar-refractivity contribution in [2.75, 3.05) is 10.8 Å². The fourth-order valence-corrected chi connectivity index (χ4v) is 4.48. The van der Waals surface area contributed by atoms with Crippen molar-refractivity contribution < 1.29 is 13.3 Å². The van der Waals surface area contributed by atoms with Crippen molar-refractivity contribution in [2.24, 2.45) is 0 Å². The topological polar surface area (TPSA) is 80.5 Å². The van der Waals surface area contributed by atoms with E-state index in [1.54, 1.807) is 39.0 Å². The highest BCUT2D eigenvalue weighted by Gasteiger charge is 2.28. The molecule has 0 unspecified atom stereocenters. The second-order valence-electron chi connectivity index (χ2n) is 5.31. The largest absolute Gasteiger partial charge is 0.270 e. The van der Waals surface area contributed by atoms with E-state index < -0.39 is 14.9 Å². The zero-order chi connectivity index (χ0) is 18.1. The Balaban J connectivity index is 2.63. The lowest BCUT2D eigenvalue weighted by molar-refractivity contribution is -0.385. The van der Waals surface area contributed by atoms with Crippen molar-refractivity contribution in [2.45, 2.75) is 25.7 Å². The fraction of sp³-hybridized carbons (Fsp3) is 0.250. The second-order valence-corrected chi connectivity index (χ2v) is 7.57. The monoisotopic (exact) mass is 368 g/mol. The van der Waals surface area contributed by atoms with E-state index in [0.29, 0.717) is 21.8 Å². The molecule has 2 aromatic rings. The van der Waals surface area contributed by atoms with E-state index in [1.807, 2.05) is 0 Å². The van der Waals surface area contributed by atoms with Gasteiger partial charge in [-0.25, -0.2) is 8.42 Å². The first kappa shape index (κ1) is 18.2. The van der Waals surface area contributed by atoms with Crippen molar-refractivity contribution in [3.63, 3.8) is 0 Å². The summed E-state index contributed by atoms with van der Waals surface area (Å²) in [6.07, 6.45) is 0. The molecule has 0 aliphatic heterocycles. The van der Waals surface area contributed by atoms with Crippen LogP contribution < -0.4 is 4.31 Å². The van der Waals surface area contributed by atoms with Gasteiger partial charge in [0.05, 0.1) is 15.5 Å². The molecule has 0 saturated carbocycles. The summed E-state index contributed by atoms with van der Waals surface area (Å²) >= 11 is 5.93. The zero-order valence-electron chi connectivity index (χ0n) is 13.5. The number of aryl methyl sites for hydroxylation is 2. The predicted octanol–water partition coefficient (Wildman–Crippen LogP) is 4.08. The molecule has 6 nitrogen and oxygen atoms in total. The maximum absolute atomic E-state index is 13.1. The summed E-state index contributed by atoms with van der Waals surface area (Å²) in [4.78, 5) is 10.3. The number of non-ortho nitro benzene ring substituents is 1. The van der Waals surface area contributed by atoms with Gasteiger partial charge in [-0.3, -0.25) is 14.4 Å². The Bertz CT molecular complexity index is 897. The van der Waals surface area contributed by atoms with Gasteiger partial charge in [0.15, 0.2) is 0 Å². The number of hydrogen-bond donors (Lipinski definition) is 0. The number of nitro benzene ring substituents is 1. The number of rotatable bonds is 5. The zero-order valence-corrected chi connectivity index (χ0v) is 15.1. The van der Waals surface area contributed by atoms with Gasteiger partial charge < -0.3 is 0 Å². The molecule has 0 aliphatic rings. The van der Waals surface area contributed by atoms with Gasteiger partial charge in [-0.05, 0) is 50.1 Å². The summed E-state index contributed by atoms with van der Waals surface area (Å²) in [5.41, 5.74) is 1.39. The number of hydrogen-bond acceptors (Lipinski definition) is 4. The van der Waals surface area contributed by atoms with Crippen LogP contribution in [0.5, 0.6) is 0 Å². The van der Waals surface area contributed by atoms with Crippen LogP contribution in [0.3, 0.4) is 0 Å². The molecule has 128 valence electrons. The van der Waals surface area contributed by atoms with Crippen molar-refractivity contribution in [1.29, 1.82) is 0 Å². The minimum absolute atomic E-state index is 0.0760. The first-order chi connectivity index (χ1) is 11.2. The lowest BCUT2D eigenvalue weighted by atomic mass is 10.2. The minimum Gasteiger partial charge on any atom is -0.266 e. The molecule has 0 aromatic heterocycles. The standard InChI is InChI=1S/C16H17ClN2O4S/c1-4-18(15-8-6-13(17)9-12(15)3)24(22,23)16-10-14(19(20)21)7-5-11(16)2/h5-10H,4H2,1-3H3. The van der Waals surface area contributed by atoms with Crippen molar-refractivity contribution in [3.05, 3.63) is 62.7 Å².